The van der Waals surface area contributed by atoms with Crippen LogP contribution in [-0.2, 0) is 4.79 Å². The number of hydrogen-bond acceptors (Lipinski definition) is 4. The number of thioether (sulfide) groups is 1. The predicted molar refractivity (Wildman–Crippen MR) is 118 cm³/mol. The fourth-order valence-corrected chi connectivity index (χ4v) is 4.45. The summed E-state index contributed by atoms with van der Waals surface area (Å²) < 4.78 is 0.391. The SMILES string of the molecule is Cc1ccc(C(=O)O)cc1N1C(=O)C(=Cc2cccc3ccccc23)SC1=S. The molecule has 1 fully saturated rings. The fraction of sp³-hybridized carbons (Fsp3) is 0.0455. The van der Waals surface area contributed by atoms with E-state index < -0.39 is 5.97 Å². The van der Waals surface area contributed by atoms with Crippen molar-refractivity contribution in [2.45, 2.75) is 6.92 Å². The van der Waals surface area contributed by atoms with E-state index >= 15 is 0 Å². The molecule has 0 bridgehead atoms. The number of nitrogens with zero attached hydrogens (tertiary/aromatic N) is 1. The van der Waals surface area contributed by atoms with Gasteiger partial charge >= 0.3 is 5.97 Å². The highest BCUT2D eigenvalue weighted by Crippen LogP contribution is 2.38. The number of carbonyl (C=O) groups excluding carboxylic acids is 1. The summed E-state index contributed by atoms with van der Waals surface area (Å²) in [6, 6.07) is 18.6. The Bertz CT molecular complexity index is 1180. The van der Waals surface area contributed by atoms with Crippen LogP contribution in [0.1, 0.15) is 21.5 Å². The van der Waals surface area contributed by atoms with Gasteiger partial charge in [-0.05, 0) is 47.0 Å². The minimum absolute atomic E-state index is 0.118. The molecule has 0 spiro atoms. The summed E-state index contributed by atoms with van der Waals surface area (Å²) in [5, 5.41) is 11.4. The van der Waals surface area contributed by atoms with Crippen molar-refractivity contribution in [3.05, 3.63) is 82.3 Å². The fourth-order valence-electron chi connectivity index (χ4n) is 3.18. The molecule has 28 heavy (non-hydrogen) atoms. The maximum Gasteiger partial charge on any atom is 0.335 e. The number of amides is 1. The number of carboxylic acids is 1. The second-order valence-electron chi connectivity index (χ2n) is 6.39. The summed E-state index contributed by atoms with van der Waals surface area (Å²) in [6.45, 7) is 1.83. The van der Waals surface area contributed by atoms with Crippen molar-refractivity contribution in [3.8, 4) is 0 Å². The smallest absolute Gasteiger partial charge is 0.335 e. The normalized spacial score (nSPS) is 15.6. The van der Waals surface area contributed by atoms with Crippen LogP contribution in [0.25, 0.3) is 16.8 Å². The number of thiocarbonyl (C=S) groups is 1. The van der Waals surface area contributed by atoms with Gasteiger partial charge in [0, 0.05) is 0 Å². The average Bonchev–Trinajstić information content (AvgIpc) is 2.96. The Hall–Kier alpha value is -2.96. The van der Waals surface area contributed by atoms with E-state index in [0.29, 0.717) is 14.9 Å². The van der Waals surface area contributed by atoms with Crippen molar-refractivity contribution in [1.29, 1.82) is 0 Å². The van der Waals surface area contributed by atoms with Gasteiger partial charge < -0.3 is 5.11 Å². The second-order valence-corrected chi connectivity index (χ2v) is 8.07. The molecule has 1 saturated heterocycles. The number of fused-ring (bicyclic) bond motifs is 1. The third kappa shape index (κ3) is 3.21. The number of anilines is 1. The summed E-state index contributed by atoms with van der Waals surface area (Å²) in [4.78, 5) is 26.3. The lowest BCUT2D eigenvalue weighted by atomic mass is 10.0. The first-order valence-corrected chi connectivity index (χ1v) is 9.78. The number of benzene rings is 3. The van der Waals surface area contributed by atoms with Gasteiger partial charge in [0.15, 0.2) is 4.32 Å². The topological polar surface area (TPSA) is 57.6 Å². The van der Waals surface area contributed by atoms with Crippen LogP contribution in [0.4, 0.5) is 5.69 Å². The number of carbonyl (C=O) groups is 2. The molecule has 0 aromatic heterocycles. The molecule has 3 aromatic rings. The molecular formula is C22H15NO3S2. The van der Waals surface area contributed by atoms with Gasteiger partial charge in [-0.1, -0.05) is 72.5 Å². The summed E-state index contributed by atoms with van der Waals surface area (Å²) in [5.41, 5.74) is 2.35. The molecule has 1 aliphatic rings. The molecule has 6 heteroatoms. The first-order valence-electron chi connectivity index (χ1n) is 8.55. The van der Waals surface area contributed by atoms with Crippen LogP contribution in [0.5, 0.6) is 0 Å². The Morgan fingerprint density at radius 1 is 1.11 bits per heavy atom. The minimum atomic E-state index is -1.04. The van der Waals surface area contributed by atoms with Crippen LogP contribution >= 0.6 is 24.0 Å². The highest BCUT2D eigenvalue weighted by Gasteiger charge is 2.34. The van der Waals surface area contributed by atoms with Crippen LogP contribution in [0.3, 0.4) is 0 Å². The average molecular weight is 406 g/mol. The van der Waals surface area contributed by atoms with Gasteiger partial charge in [-0.15, -0.1) is 0 Å². The van der Waals surface area contributed by atoms with Gasteiger partial charge in [-0.2, -0.15) is 0 Å². The van der Waals surface area contributed by atoms with E-state index in [4.69, 9.17) is 12.2 Å². The zero-order chi connectivity index (χ0) is 19.8. The number of rotatable bonds is 3. The molecule has 0 aliphatic carbocycles. The van der Waals surface area contributed by atoms with Crippen molar-refractivity contribution in [3.63, 3.8) is 0 Å². The summed E-state index contributed by atoms with van der Waals surface area (Å²) in [6.07, 6.45) is 1.85. The van der Waals surface area contributed by atoms with Crippen molar-refractivity contribution in [1.82, 2.24) is 0 Å². The second kappa shape index (κ2) is 7.22. The van der Waals surface area contributed by atoms with E-state index in [-0.39, 0.29) is 11.5 Å². The molecule has 3 aromatic carbocycles. The Morgan fingerprint density at radius 2 is 1.86 bits per heavy atom. The zero-order valence-electron chi connectivity index (χ0n) is 14.9. The van der Waals surface area contributed by atoms with Gasteiger partial charge in [0.1, 0.15) is 0 Å². The van der Waals surface area contributed by atoms with Gasteiger partial charge in [-0.25, -0.2) is 4.79 Å². The van der Waals surface area contributed by atoms with E-state index in [9.17, 15) is 14.7 Å². The number of hydrogen-bond donors (Lipinski definition) is 1. The monoisotopic (exact) mass is 405 g/mol. The van der Waals surface area contributed by atoms with Crippen molar-refractivity contribution < 1.29 is 14.7 Å². The molecule has 1 aliphatic heterocycles. The third-order valence-electron chi connectivity index (χ3n) is 4.60. The Balaban J connectivity index is 1.77. The Labute approximate surface area is 171 Å². The lowest BCUT2D eigenvalue weighted by Crippen LogP contribution is -2.28. The number of carboxylic acid groups (broad SMARTS) is 1. The van der Waals surface area contributed by atoms with Crippen molar-refractivity contribution in [2.24, 2.45) is 0 Å². The molecule has 1 amide bonds. The molecule has 4 rings (SSSR count). The summed E-state index contributed by atoms with van der Waals surface area (Å²) in [5.74, 6) is -1.29. The zero-order valence-corrected chi connectivity index (χ0v) is 16.5. The highest BCUT2D eigenvalue weighted by atomic mass is 32.2. The standard InChI is InChI=1S/C22H15NO3S2/c1-13-9-10-16(21(25)26)11-18(13)23-20(24)19(28-22(23)27)12-15-7-4-6-14-5-2-3-8-17(14)15/h2-12H,1H3,(H,25,26). The van der Waals surface area contributed by atoms with Crippen LogP contribution < -0.4 is 4.90 Å². The van der Waals surface area contributed by atoms with Gasteiger partial charge in [0.25, 0.3) is 5.91 Å². The van der Waals surface area contributed by atoms with Gasteiger partial charge in [0.2, 0.25) is 0 Å². The maximum absolute atomic E-state index is 13.1. The molecular weight excluding hydrogens is 390 g/mol. The molecule has 1 heterocycles. The van der Waals surface area contributed by atoms with Crippen LogP contribution in [0, 0.1) is 6.92 Å². The largest absolute Gasteiger partial charge is 0.478 e. The molecule has 0 atom stereocenters. The van der Waals surface area contributed by atoms with Crippen molar-refractivity contribution in [2.75, 3.05) is 4.90 Å². The molecule has 4 nitrogen and oxygen atoms in total. The molecule has 0 saturated carbocycles. The van der Waals surface area contributed by atoms with Crippen molar-refractivity contribution >= 4 is 62.7 Å². The first kappa shape index (κ1) is 18.4. The summed E-state index contributed by atoms with van der Waals surface area (Å²) >= 11 is 6.66. The van der Waals surface area contributed by atoms with E-state index in [1.807, 2.05) is 55.5 Å². The van der Waals surface area contributed by atoms with Crippen LogP contribution in [-0.4, -0.2) is 21.3 Å². The lowest BCUT2D eigenvalue weighted by molar-refractivity contribution is -0.113. The van der Waals surface area contributed by atoms with E-state index in [2.05, 4.69) is 0 Å². The van der Waals surface area contributed by atoms with Gasteiger partial charge in [-0.3, -0.25) is 9.69 Å². The third-order valence-corrected chi connectivity index (χ3v) is 5.90. The van der Waals surface area contributed by atoms with Crippen LogP contribution in [0.2, 0.25) is 0 Å². The predicted octanol–water partition coefficient (Wildman–Crippen LogP) is 5.25. The van der Waals surface area contributed by atoms with E-state index in [0.717, 1.165) is 21.9 Å². The summed E-state index contributed by atoms with van der Waals surface area (Å²) in [7, 11) is 0. The first-order chi connectivity index (χ1) is 13.5. The quantitative estimate of drug-likeness (QED) is 0.476. The highest BCUT2D eigenvalue weighted by molar-refractivity contribution is 8.27. The number of aromatic carboxylic acids is 1. The van der Waals surface area contributed by atoms with E-state index in [1.165, 1.54) is 28.8 Å². The lowest BCUT2D eigenvalue weighted by Gasteiger charge is -2.17. The van der Waals surface area contributed by atoms with Crippen LogP contribution in [0.15, 0.2) is 65.6 Å². The van der Waals surface area contributed by atoms with Gasteiger partial charge in [0.05, 0.1) is 16.2 Å². The molecule has 0 unspecified atom stereocenters. The van der Waals surface area contributed by atoms with E-state index in [1.54, 1.807) is 6.07 Å². The Kier molecular flexibility index (Phi) is 4.75. The minimum Gasteiger partial charge on any atom is -0.478 e. The number of aryl methyl sites for hydroxylation is 1. The Morgan fingerprint density at radius 3 is 2.64 bits per heavy atom. The maximum atomic E-state index is 13.1. The molecule has 138 valence electrons. The molecule has 0 radical (unpaired) electrons. The molecule has 1 N–H and O–H groups in total.